The van der Waals surface area contributed by atoms with E-state index in [1.165, 1.54) is 16.7 Å². The highest BCUT2D eigenvalue weighted by Crippen LogP contribution is 2.11. The zero-order valence-corrected chi connectivity index (χ0v) is 8.85. The van der Waals surface area contributed by atoms with Crippen molar-refractivity contribution in [1.29, 1.82) is 0 Å². The Morgan fingerprint density at radius 3 is 2.13 bits per heavy atom. The number of aryl methyl sites for hydroxylation is 1. The van der Waals surface area contributed by atoms with Gasteiger partial charge in [0.1, 0.15) is 0 Å². The Balaban J connectivity index is 2.23. The molecule has 15 heavy (non-hydrogen) atoms. The lowest BCUT2D eigenvalue weighted by Crippen LogP contribution is -1.77. The predicted octanol–water partition coefficient (Wildman–Crippen LogP) is 4.17. The van der Waals surface area contributed by atoms with Crippen LogP contribution in [0.2, 0.25) is 0 Å². The van der Waals surface area contributed by atoms with Crippen LogP contribution >= 0.6 is 0 Å². The van der Waals surface area contributed by atoms with E-state index in [0.29, 0.717) is 0 Å². The van der Waals surface area contributed by atoms with Gasteiger partial charge in [-0.05, 0) is 23.6 Å². The van der Waals surface area contributed by atoms with Crippen LogP contribution < -0.4 is 0 Å². The van der Waals surface area contributed by atoms with E-state index < -0.39 is 0 Å². The predicted molar refractivity (Wildman–Crippen MR) is 66.5 cm³/mol. The van der Waals surface area contributed by atoms with Gasteiger partial charge in [-0.25, -0.2) is 0 Å². The Morgan fingerprint density at radius 2 is 1.40 bits per heavy atom. The molecule has 0 aliphatic rings. The number of benzene rings is 2. The fourth-order valence-electron chi connectivity index (χ4n) is 1.52. The maximum atomic E-state index is 2.16. The minimum atomic E-state index is 1.24. The molecule has 0 fully saturated rings. The van der Waals surface area contributed by atoms with Crippen LogP contribution in [-0.2, 0) is 0 Å². The summed E-state index contributed by atoms with van der Waals surface area (Å²) in [5, 5.41) is 0. The summed E-state index contributed by atoms with van der Waals surface area (Å²) in [5.74, 6) is 0. The first kappa shape index (κ1) is 9.72. The average molecular weight is 194 g/mol. The van der Waals surface area contributed by atoms with Crippen molar-refractivity contribution in [3.8, 4) is 0 Å². The van der Waals surface area contributed by atoms with Crippen LogP contribution in [-0.4, -0.2) is 0 Å². The Labute approximate surface area is 90.9 Å². The normalized spacial score (nSPS) is 10.7. The molecule has 0 bridgehead atoms. The lowest BCUT2D eigenvalue weighted by atomic mass is 10.1. The van der Waals surface area contributed by atoms with Crippen molar-refractivity contribution < 1.29 is 0 Å². The largest absolute Gasteiger partial charge is 0.0622 e. The number of rotatable bonds is 2. The molecule has 0 unspecified atom stereocenters. The minimum absolute atomic E-state index is 1.24. The van der Waals surface area contributed by atoms with Gasteiger partial charge in [0.2, 0.25) is 0 Å². The van der Waals surface area contributed by atoms with Gasteiger partial charge in [-0.2, -0.15) is 0 Å². The van der Waals surface area contributed by atoms with Crippen molar-refractivity contribution in [2.45, 2.75) is 6.92 Å². The molecule has 2 aromatic carbocycles. The van der Waals surface area contributed by atoms with Gasteiger partial charge in [-0.3, -0.25) is 0 Å². The molecule has 0 saturated carbocycles. The van der Waals surface area contributed by atoms with Crippen molar-refractivity contribution in [2.24, 2.45) is 0 Å². The second-order valence-electron chi connectivity index (χ2n) is 3.60. The summed E-state index contributed by atoms with van der Waals surface area (Å²) in [6.07, 6.45) is 4.30. The third-order valence-corrected chi connectivity index (χ3v) is 2.44. The summed E-state index contributed by atoms with van der Waals surface area (Å²) in [7, 11) is 0. The molecule has 74 valence electrons. The molecule has 0 amide bonds. The fraction of sp³-hybridized carbons (Fsp3) is 0.0667. The molecule has 0 nitrogen and oxygen atoms in total. The van der Waals surface area contributed by atoms with Crippen LogP contribution in [0.5, 0.6) is 0 Å². The first-order valence-corrected chi connectivity index (χ1v) is 5.15. The summed E-state index contributed by atoms with van der Waals surface area (Å²) >= 11 is 0. The van der Waals surface area contributed by atoms with Gasteiger partial charge < -0.3 is 0 Å². The van der Waals surface area contributed by atoms with Crippen LogP contribution in [0.15, 0.2) is 54.6 Å². The molecule has 0 saturated heterocycles. The molecule has 0 N–H and O–H groups in total. The molecule has 0 radical (unpaired) electrons. The zero-order valence-electron chi connectivity index (χ0n) is 8.85. The maximum absolute atomic E-state index is 2.16. The van der Waals surface area contributed by atoms with Gasteiger partial charge in [-0.1, -0.05) is 66.7 Å². The molecule has 0 aliphatic heterocycles. The molecule has 0 heterocycles. The van der Waals surface area contributed by atoms with Crippen LogP contribution in [0, 0.1) is 6.92 Å². The molecule has 0 atom stereocenters. The Kier molecular flexibility index (Phi) is 2.99. The summed E-state index contributed by atoms with van der Waals surface area (Å²) < 4.78 is 0. The molecule has 0 aliphatic carbocycles. The second kappa shape index (κ2) is 4.61. The summed E-state index contributed by atoms with van der Waals surface area (Å²) in [5.41, 5.74) is 3.83. The summed E-state index contributed by atoms with van der Waals surface area (Å²) in [6, 6.07) is 18.7. The van der Waals surface area contributed by atoms with E-state index in [1.54, 1.807) is 0 Å². The van der Waals surface area contributed by atoms with Crippen molar-refractivity contribution >= 4 is 12.2 Å². The highest BCUT2D eigenvalue weighted by Gasteiger charge is 1.90. The van der Waals surface area contributed by atoms with Gasteiger partial charge in [0.25, 0.3) is 0 Å². The lowest BCUT2D eigenvalue weighted by Gasteiger charge is -1.98. The van der Waals surface area contributed by atoms with Gasteiger partial charge in [-0.15, -0.1) is 0 Å². The SMILES string of the molecule is Cc1ccccc1/C=C/c1ccccc1. The second-order valence-corrected chi connectivity index (χ2v) is 3.60. The molecule has 2 rings (SSSR count). The topological polar surface area (TPSA) is 0 Å². The first-order chi connectivity index (χ1) is 7.36. The molecular weight excluding hydrogens is 180 g/mol. The smallest absolute Gasteiger partial charge is 0.0227 e. The van der Waals surface area contributed by atoms with E-state index in [0.717, 1.165) is 0 Å². The molecule has 2 aromatic rings. The van der Waals surface area contributed by atoms with Gasteiger partial charge in [0, 0.05) is 0 Å². The Bertz CT molecular complexity index is 452. The molecular formula is C15H14. The highest BCUT2D eigenvalue weighted by molar-refractivity contribution is 5.70. The monoisotopic (exact) mass is 194 g/mol. The number of hydrogen-bond donors (Lipinski definition) is 0. The van der Waals surface area contributed by atoms with Crippen molar-refractivity contribution in [3.05, 3.63) is 71.3 Å². The van der Waals surface area contributed by atoms with Crippen LogP contribution in [0.3, 0.4) is 0 Å². The van der Waals surface area contributed by atoms with E-state index in [4.69, 9.17) is 0 Å². The van der Waals surface area contributed by atoms with Gasteiger partial charge in [0.05, 0.1) is 0 Å². The standard InChI is InChI=1S/C15H14/c1-13-7-5-6-10-15(13)12-11-14-8-3-2-4-9-14/h2-12H,1H3/b12-11+. The minimum Gasteiger partial charge on any atom is -0.0622 e. The fourth-order valence-corrected chi connectivity index (χ4v) is 1.52. The average Bonchev–Trinajstić information content (AvgIpc) is 2.29. The third kappa shape index (κ3) is 2.57. The molecule has 0 spiro atoms. The van der Waals surface area contributed by atoms with Crippen LogP contribution in [0.25, 0.3) is 12.2 Å². The van der Waals surface area contributed by atoms with Crippen molar-refractivity contribution in [1.82, 2.24) is 0 Å². The Morgan fingerprint density at radius 1 is 0.733 bits per heavy atom. The van der Waals surface area contributed by atoms with Gasteiger partial charge in [0.15, 0.2) is 0 Å². The van der Waals surface area contributed by atoms with Crippen LogP contribution in [0.1, 0.15) is 16.7 Å². The number of hydrogen-bond acceptors (Lipinski definition) is 0. The molecule has 0 aromatic heterocycles. The quantitative estimate of drug-likeness (QED) is 0.629. The third-order valence-electron chi connectivity index (χ3n) is 2.44. The molecule has 0 heteroatoms. The summed E-state index contributed by atoms with van der Waals surface area (Å²) in [6.45, 7) is 2.13. The van der Waals surface area contributed by atoms with Gasteiger partial charge >= 0.3 is 0 Å². The van der Waals surface area contributed by atoms with E-state index in [-0.39, 0.29) is 0 Å². The Hall–Kier alpha value is -1.82. The lowest BCUT2D eigenvalue weighted by molar-refractivity contribution is 1.45. The van der Waals surface area contributed by atoms with Crippen LogP contribution in [0.4, 0.5) is 0 Å². The van der Waals surface area contributed by atoms with Crippen molar-refractivity contribution in [2.75, 3.05) is 0 Å². The zero-order chi connectivity index (χ0) is 10.5. The van der Waals surface area contributed by atoms with E-state index in [9.17, 15) is 0 Å². The van der Waals surface area contributed by atoms with E-state index in [2.05, 4.69) is 67.6 Å². The van der Waals surface area contributed by atoms with E-state index >= 15 is 0 Å². The van der Waals surface area contributed by atoms with E-state index in [1.807, 2.05) is 6.07 Å². The summed E-state index contributed by atoms with van der Waals surface area (Å²) in [4.78, 5) is 0. The maximum Gasteiger partial charge on any atom is -0.0227 e. The van der Waals surface area contributed by atoms with Crippen molar-refractivity contribution in [3.63, 3.8) is 0 Å². The first-order valence-electron chi connectivity index (χ1n) is 5.15. The highest BCUT2D eigenvalue weighted by atomic mass is 14.0.